The summed E-state index contributed by atoms with van der Waals surface area (Å²) in [7, 11) is 0. The van der Waals surface area contributed by atoms with Crippen LogP contribution in [-0.2, 0) is 33.9 Å². The van der Waals surface area contributed by atoms with Crippen LogP contribution in [0.3, 0.4) is 0 Å². The van der Waals surface area contributed by atoms with Crippen LogP contribution in [0.15, 0.2) is 97.5 Å². The van der Waals surface area contributed by atoms with E-state index in [1.54, 1.807) is 0 Å². The largest absolute Gasteiger partial charge is 2.00 e. The summed E-state index contributed by atoms with van der Waals surface area (Å²) in [5.74, 6) is 3.30. The van der Waals surface area contributed by atoms with E-state index in [-0.39, 0.29) is 21.1 Å². The van der Waals surface area contributed by atoms with Crippen LogP contribution in [0, 0.1) is 37.8 Å². The van der Waals surface area contributed by atoms with Crippen LogP contribution in [0.4, 0.5) is 0 Å². The molecule has 2 atom stereocenters. The minimum atomic E-state index is 0. The summed E-state index contributed by atoms with van der Waals surface area (Å²) >= 11 is 0. The monoisotopic (exact) mass is 839 g/mol. The van der Waals surface area contributed by atoms with E-state index < -0.39 is 0 Å². The van der Waals surface area contributed by atoms with Gasteiger partial charge in [0.1, 0.15) is 5.82 Å². The molecule has 7 rings (SSSR count). The Hall–Kier alpha value is -4.47. The molecule has 2 unspecified atom stereocenters. The zero-order valence-corrected chi connectivity index (χ0v) is 32.0. The van der Waals surface area contributed by atoms with Crippen LogP contribution in [0.2, 0.25) is 0 Å². The van der Waals surface area contributed by atoms with Crippen LogP contribution in [-0.4, -0.2) is 19.3 Å². The molecule has 7 aromatic rings. The Bertz CT molecular complexity index is 2230. The number of pyridine rings is 1. The smallest absolute Gasteiger partial charge is 0.509 e. The van der Waals surface area contributed by atoms with E-state index in [0.717, 1.165) is 70.1 Å². The van der Waals surface area contributed by atoms with Crippen molar-refractivity contribution in [2.24, 2.45) is 11.8 Å². The third kappa shape index (κ3) is 7.21. The standard InChI is InChI=1S/C44H44N4O.Pt/c1-7-29(3)20-33-22-32(6)23-34(21-30(4)8-2)44(33)35-27-46-47(28-35)36-12-11-13-37(25-36)49-38-16-17-40-39-14-9-10-15-41(39)48(42(40)26-38)43-24-31(5)18-19-45-43;/h9-19,22-24,27-30H,7-8,20-21H2,1-6H3;/q-2;+2. The topological polar surface area (TPSA) is 44.9 Å². The first-order valence-electron chi connectivity index (χ1n) is 17.6. The predicted octanol–water partition coefficient (Wildman–Crippen LogP) is 11.2. The van der Waals surface area contributed by atoms with Gasteiger partial charge in [-0.2, -0.15) is 17.2 Å². The van der Waals surface area contributed by atoms with Gasteiger partial charge in [0.15, 0.2) is 0 Å². The molecular weight excluding hydrogens is 796 g/mol. The second kappa shape index (κ2) is 15.2. The fourth-order valence-electron chi connectivity index (χ4n) is 6.82. The van der Waals surface area contributed by atoms with E-state index in [0.29, 0.717) is 23.3 Å². The summed E-state index contributed by atoms with van der Waals surface area (Å²) in [6.07, 6.45) is 10.4. The quantitative estimate of drug-likeness (QED) is 0.122. The van der Waals surface area contributed by atoms with Gasteiger partial charge in [-0.15, -0.1) is 35.7 Å². The summed E-state index contributed by atoms with van der Waals surface area (Å²) in [5, 5.41) is 7.10. The van der Waals surface area contributed by atoms with Crippen molar-refractivity contribution >= 4 is 21.8 Å². The second-order valence-electron chi connectivity index (χ2n) is 13.7. The van der Waals surface area contributed by atoms with Crippen LogP contribution in [0.25, 0.3) is 44.4 Å². The van der Waals surface area contributed by atoms with Crippen molar-refractivity contribution < 1.29 is 25.8 Å². The molecule has 0 aliphatic rings. The second-order valence-corrected chi connectivity index (χ2v) is 13.7. The molecule has 6 heteroatoms. The maximum absolute atomic E-state index is 6.43. The SMILES string of the molecule is CCC(C)Cc1cc(C)cc(CC(C)CC)c1-c1cnn(-c2[c-]c(Oc3[c-]c4c(cc3)c3ccccc3n4-c3cc(C)ccn3)ccc2)c1.[Pt+2]. The van der Waals surface area contributed by atoms with Crippen molar-refractivity contribution in [2.45, 2.75) is 67.2 Å². The summed E-state index contributed by atoms with van der Waals surface area (Å²) in [5.41, 5.74) is 10.6. The Kier molecular flexibility index (Phi) is 10.7. The van der Waals surface area contributed by atoms with Gasteiger partial charge in [0.25, 0.3) is 0 Å². The number of benzene rings is 4. The molecule has 5 nitrogen and oxygen atoms in total. The Morgan fingerprint density at radius 1 is 0.760 bits per heavy atom. The van der Waals surface area contributed by atoms with E-state index >= 15 is 0 Å². The Labute approximate surface area is 310 Å². The Balaban J connectivity index is 0.00000432. The van der Waals surface area contributed by atoms with Crippen LogP contribution < -0.4 is 4.74 Å². The molecular formula is C44H44N4OPt. The molecule has 4 aromatic carbocycles. The number of fused-ring (bicyclic) bond motifs is 3. The molecule has 0 spiro atoms. The maximum Gasteiger partial charge on any atom is 2.00 e. The minimum Gasteiger partial charge on any atom is -0.509 e. The Morgan fingerprint density at radius 3 is 2.20 bits per heavy atom. The molecule has 0 saturated heterocycles. The number of nitrogens with zero attached hydrogens (tertiary/aromatic N) is 4. The molecule has 0 aliphatic carbocycles. The number of ether oxygens (including phenoxy) is 1. The summed E-state index contributed by atoms with van der Waals surface area (Å²) in [4.78, 5) is 4.70. The van der Waals surface area contributed by atoms with Gasteiger partial charge >= 0.3 is 21.1 Å². The van der Waals surface area contributed by atoms with Gasteiger partial charge in [-0.05, 0) is 90.1 Å². The molecule has 0 aliphatic heterocycles. The summed E-state index contributed by atoms with van der Waals surface area (Å²) in [6.45, 7) is 13.6. The fourth-order valence-corrected chi connectivity index (χ4v) is 6.82. The third-order valence-electron chi connectivity index (χ3n) is 9.75. The summed E-state index contributed by atoms with van der Waals surface area (Å²) < 4.78 is 10.5. The molecule has 0 bridgehead atoms. The zero-order chi connectivity index (χ0) is 34.1. The van der Waals surface area contributed by atoms with Crippen molar-refractivity contribution in [1.82, 2.24) is 19.3 Å². The number of hydrogen-bond acceptors (Lipinski definition) is 3. The van der Waals surface area contributed by atoms with Crippen molar-refractivity contribution in [1.29, 1.82) is 0 Å². The molecule has 50 heavy (non-hydrogen) atoms. The average molecular weight is 840 g/mol. The van der Waals surface area contributed by atoms with E-state index in [1.165, 1.54) is 22.3 Å². The van der Waals surface area contributed by atoms with Crippen LogP contribution >= 0.6 is 0 Å². The third-order valence-corrected chi connectivity index (χ3v) is 9.75. The number of rotatable bonds is 11. The number of aryl methyl sites for hydroxylation is 2. The van der Waals surface area contributed by atoms with Gasteiger partial charge in [0, 0.05) is 35.0 Å². The van der Waals surface area contributed by atoms with Gasteiger partial charge < -0.3 is 9.30 Å². The van der Waals surface area contributed by atoms with Crippen LogP contribution in [0.5, 0.6) is 11.5 Å². The first kappa shape index (κ1) is 35.4. The predicted molar refractivity (Wildman–Crippen MR) is 201 cm³/mol. The van der Waals surface area contributed by atoms with Gasteiger partial charge in [-0.3, -0.25) is 4.68 Å². The normalized spacial score (nSPS) is 12.6. The molecule has 256 valence electrons. The molecule has 0 amide bonds. The summed E-state index contributed by atoms with van der Waals surface area (Å²) in [6, 6.07) is 34.3. The van der Waals surface area contributed by atoms with Crippen LogP contribution in [0.1, 0.15) is 62.8 Å². The number of aromatic nitrogens is 4. The number of hydrogen-bond donors (Lipinski definition) is 0. The van der Waals surface area contributed by atoms with Gasteiger partial charge in [0.05, 0.1) is 6.20 Å². The minimum absolute atomic E-state index is 0. The van der Waals surface area contributed by atoms with E-state index in [4.69, 9.17) is 14.8 Å². The van der Waals surface area contributed by atoms with Crippen molar-refractivity contribution in [3.05, 3.63) is 132 Å². The molecule has 3 aromatic heterocycles. The van der Waals surface area contributed by atoms with E-state index in [2.05, 4.69) is 113 Å². The zero-order valence-electron chi connectivity index (χ0n) is 29.7. The van der Waals surface area contributed by atoms with Gasteiger partial charge in [-0.25, -0.2) is 4.98 Å². The molecule has 0 saturated carbocycles. The van der Waals surface area contributed by atoms with E-state index in [1.807, 2.05) is 47.4 Å². The fraction of sp³-hybridized carbons (Fsp3) is 0.273. The Morgan fingerprint density at radius 2 is 1.48 bits per heavy atom. The average Bonchev–Trinajstić information content (AvgIpc) is 3.71. The first-order valence-corrected chi connectivity index (χ1v) is 17.6. The van der Waals surface area contributed by atoms with Gasteiger partial charge in [0.2, 0.25) is 0 Å². The molecule has 0 radical (unpaired) electrons. The molecule has 0 N–H and O–H groups in total. The first-order chi connectivity index (χ1) is 23.8. The van der Waals surface area contributed by atoms with Crippen molar-refractivity contribution in [3.63, 3.8) is 0 Å². The molecule has 3 heterocycles. The van der Waals surface area contributed by atoms with E-state index in [9.17, 15) is 0 Å². The molecule has 0 fully saturated rings. The maximum atomic E-state index is 6.43. The van der Waals surface area contributed by atoms with Gasteiger partial charge in [-0.1, -0.05) is 81.9 Å². The number of para-hydroxylation sites is 1. The van der Waals surface area contributed by atoms with Crippen molar-refractivity contribution in [2.75, 3.05) is 0 Å². The van der Waals surface area contributed by atoms with Crippen molar-refractivity contribution in [3.8, 4) is 34.1 Å².